The summed E-state index contributed by atoms with van der Waals surface area (Å²) in [5.74, 6) is -1.31. The van der Waals surface area contributed by atoms with Crippen LogP contribution in [-0.2, 0) is 22.1 Å². The fraction of sp³-hybridized carbons (Fsp3) is 0.500. The Hall–Kier alpha value is -2.25. The number of hydrogen-bond acceptors (Lipinski definition) is 3. The largest absolute Gasteiger partial charge is 0.480 e. The summed E-state index contributed by atoms with van der Waals surface area (Å²) in [5, 5.41) is 11.4. The number of halogens is 3. The highest BCUT2D eigenvalue weighted by Gasteiger charge is 2.32. The van der Waals surface area contributed by atoms with Gasteiger partial charge in [0.2, 0.25) is 0 Å². The number of carboxylic acids is 1. The molecular formula is C16H20F3NO4. The van der Waals surface area contributed by atoms with E-state index >= 15 is 0 Å². The van der Waals surface area contributed by atoms with Crippen molar-refractivity contribution in [3.05, 3.63) is 34.9 Å². The van der Waals surface area contributed by atoms with Gasteiger partial charge in [0.15, 0.2) is 0 Å². The highest BCUT2D eigenvalue weighted by atomic mass is 19.4. The third-order valence-electron chi connectivity index (χ3n) is 3.03. The van der Waals surface area contributed by atoms with Crippen molar-refractivity contribution >= 4 is 12.1 Å². The SMILES string of the molecule is Cc1cc(C[C@@H](NC(=O)OC(C)(C)C)C(=O)O)ccc1C(F)(F)F. The van der Waals surface area contributed by atoms with Crippen molar-refractivity contribution in [3.63, 3.8) is 0 Å². The number of amides is 1. The van der Waals surface area contributed by atoms with Gasteiger partial charge in [0.05, 0.1) is 5.56 Å². The third-order valence-corrected chi connectivity index (χ3v) is 3.03. The van der Waals surface area contributed by atoms with Crippen LogP contribution in [0.3, 0.4) is 0 Å². The van der Waals surface area contributed by atoms with Crippen molar-refractivity contribution < 1.29 is 32.6 Å². The van der Waals surface area contributed by atoms with E-state index in [0.717, 1.165) is 6.07 Å². The first-order chi connectivity index (χ1) is 10.8. The van der Waals surface area contributed by atoms with Gasteiger partial charge in [0.1, 0.15) is 11.6 Å². The average molecular weight is 347 g/mol. The van der Waals surface area contributed by atoms with Crippen molar-refractivity contribution in [1.82, 2.24) is 5.32 Å². The number of aryl methyl sites for hydroxylation is 1. The summed E-state index contributed by atoms with van der Waals surface area (Å²) in [6.45, 7) is 6.17. The van der Waals surface area contributed by atoms with Gasteiger partial charge < -0.3 is 15.2 Å². The van der Waals surface area contributed by atoms with Gasteiger partial charge >= 0.3 is 18.2 Å². The zero-order valence-electron chi connectivity index (χ0n) is 13.8. The standard InChI is InChI=1S/C16H20F3NO4/c1-9-7-10(5-6-11(9)16(17,18)19)8-12(13(21)22)20-14(23)24-15(2,3)4/h5-7,12H,8H2,1-4H3,(H,20,23)(H,21,22)/t12-/m1/s1. The summed E-state index contributed by atoms with van der Waals surface area (Å²) in [7, 11) is 0. The molecule has 0 aliphatic carbocycles. The lowest BCUT2D eigenvalue weighted by atomic mass is 10.00. The molecule has 0 aromatic heterocycles. The molecule has 8 heteroatoms. The quantitative estimate of drug-likeness (QED) is 0.874. The second-order valence-corrected chi connectivity index (χ2v) is 6.39. The number of carboxylic acid groups (broad SMARTS) is 1. The molecule has 1 amide bonds. The van der Waals surface area contributed by atoms with Gasteiger partial charge in [-0.2, -0.15) is 13.2 Å². The number of alkyl halides is 3. The van der Waals surface area contributed by atoms with E-state index in [9.17, 15) is 27.9 Å². The number of rotatable bonds is 4. The van der Waals surface area contributed by atoms with Crippen molar-refractivity contribution in [1.29, 1.82) is 0 Å². The van der Waals surface area contributed by atoms with Gasteiger partial charge in [-0.05, 0) is 44.9 Å². The van der Waals surface area contributed by atoms with Gasteiger partial charge in [-0.15, -0.1) is 0 Å². The Morgan fingerprint density at radius 1 is 1.25 bits per heavy atom. The van der Waals surface area contributed by atoms with E-state index in [-0.39, 0.29) is 12.0 Å². The summed E-state index contributed by atoms with van der Waals surface area (Å²) in [6, 6.07) is 2.05. The molecule has 0 unspecified atom stereocenters. The van der Waals surface area contributed by atoms with Crippen LogP contribution in [0.4, 0.5) is 18.0 Å². The minimum absolute atomic E-state index is 0.0126. The molecule has 24 heavy (non-hydrogen) atoms. The summed E-state index contributed by atoms with van der Waals surface area (Å²) in [4.78, 5) is 22.9. The highest BCUT2D eigenvalue weighted by molar-refractivity contribution is 5.80. The van der Waals surface area contributed by atoms with E-state index in [2.05, 4.69) is 5.32 Å². The van der Waals surface area contributed by atoms with Crippen LogP contribution in [0.5, 0.6) is 0 Å². The lowest BCUT2D eigenvalue weighted by molar-refractivity contribution is -0.140. The summed E-state index contributed by atoms with van der Waals surface area (Å²) in [6.07, 6.45) is -5.53. The van der Waals surface area contributed by atoms with Crippen molar-refractivity contribution in [2.45, 2.75) is 51.9 Å². The van der Waals surface area contributed by atoms with Crippen LogP contribution in [0, 0.1) is 6.92 Å². The van der Waals surface area contributed by atoms with Crippen molar-refractivity contribution in [2.75, 3.05) is 0 Å². The summed E-state index contributed by atoms with van der Waals surface area (Å²) < 4.78 is 43.2. The number of hydrogen-bond donors (Lipinski definition) is 2. The molecule has 1 aromatic carbocycles. The van der Waals surface area contributed by atoms with E-state index in [0.29, 0.717) is 5.56 Å². The Morgan fingerprint density at radius 3 is 2.25 bits per heavy atom. The van der Waals surface area contributed by atoms with E-state index in [4.69, 9.17) is 4.74 Å². The van der Waals surface area contributed by atoms with Crippen LogP contribution >= 0.6 is 0 Å². The van der Waals surface area contributed by atoms with Crippen LogP contribution in [0.2, 0.25) is 0 Å². The van der Waals surface area contributed by atoms with E-state index in [1.807, 2.05) is 0 Å². The molecule has 0 radical (unpaired) electrons. The second-order valence-electron chi connectivity index (χ2n) is 6.39. The fourth-order valence-corrected chi connectivity index (χ4v) is 2.06. The predicted molar refractivity (Wildman–Crippen MR) is 80.7 cm³/mol. The Balaban J connectivity index is 2.88. The number of ether oxygens (including phenoxy) is 1. The lowest BCUT2D eigenvalue weighted by Gasteiger charge is -2.22. The zero-order chi connectivity index (χ0) is 18.7. The maximum atomic E-state index is 12.7. The smallest absolute Gasteiger partial charge is 0.416 e. The van der Waals surface area contributed by atoms with Gasteiger partial charge in [-0.3, -0.25) is 0 Å². The first kappa shape index (κ1) is 19.8. The van der Waals surface area contributed by atoms with Gasteiger partial charge in [-0.1, -0.05) is 12.1 Å². The van der Waals surface area contributed by atoms with Gasteiger partial charge in [0, 0.05) is 6.42 Å². The molecule has 0 bridgehead atoms. The van der Waals surface area contributed by atoms with E-state index in [1.54, 1.807) is 20.8 Å². The van der Waals surface area contributed by atoms with Crippen molar-refractivity contribution in [3.8, 4) is 0 Å². The molecule has 0 aliphatic heterocycles. The first-order valence-electron chi connectivity index (χ1n) is 7.18. The molecule has 1 aromatic rings. The number of nitrogens with one attached hydrogen (secondary N) is 1. The Morgan fingerprint density at radius 2 is 1.83 bits per heavy atom. The minimum Gasteiger partial charge on any atom is -0.480 e. The van der Waals surface area contributed by atoms with Crippen LogP contribution in [-0.4, -0.2) is 28.8 Å². The molecule has 0 spiro atoms. The molecule has 2 N–H and O–H groups in total. The highest BCUT2D eigenvalue weighted by Crippen LogP contribution is 2.32. The molecule has 134 valence electrons. The molecule has 0 aliphatic rings. The lowest BCUT2D eigenvalue weighted by Crippen LogP contribution is -2.44. The molecule has 1 atom stereocenters. The van der Waals surface area contributed by atoms with Gasteiger partial charge in [-0.25, -0.2) is 9.59 Å². The minimum atomic E-state index is -4.47. The fourth-order valence-electron chi connectivity index (χ4n) is 2.06. The molecule has 5 nitrogen and oxygen atoms in total. The van der Waals surface area contributed by atoms with Gasteiger partial charge in [0.25, 0.3) is 0 Å². The molecule has 0 saturated heterocycles. The molecular weight excluding hydrogens is 327 g/mol. The topological polar surface area (TPSA) is 75.6 Å². The molecule has 0 saturated carbocycles. The first-order valence-corrected chi connectivity index (χ1v) is 7.18. The second kappa shape index (κ2) is 7.11. The maximum absolute atomic E-state index is 12.7. The zero-order valence-corrected chi connectivity index (χ0v) is 13.8. The maximum Gasteiger partial charge on any atom is 0.416 e. The summed E-state index contributed by atoms with van der Waals surface area (Å²) >= 11 is 0. The average Bonchev–Trinajstić information content (AvgIpc) is 2.33. The van der Waals surface area contributed by atoms with Crippen LogP contribution < -0.4 is 5.32 Å². The number of aliphatic carboxylic acids is 1. The normalized spacial score (nSPS) is 13.3. The Bertz CT molecular complexity index is 621. The van der Waals surface area contributed by atoms with E-state index < -0.39 is 35.4 Å². The van der Waals surface area contributed by atoms with Crippen LogP contribution in [0.1, 0.15) is 37.5 Å². The summed E-state index contributed by atoms with van der Waals surface area (Å²) in [5.41, 5.74) is -1.22. The monoisotopic (exact) mass is 347 g/mol. The van der Waals surface area contributed by atoms with Crippen LogP contribution in [0.25, 0.3) is 0 Å². The number of benzene rings is 1. The Kier molecular flexibility index (Phi) is 5.86. The van der Waals surface area contributed by atoms with Crippen molar-refractivity contribution in [2.24, 2.45) is 0 Å². The van der Waals surface area contributed by atoms with E-state index in [1.165, 1.54) is 19.1 Å². The number of carbonyl (C=O) groups excluding carboxylic acids is 1. The molecule has 0 heterocycles. The third kappa shape index (κ3) is 6.10. The molecule has 1 rings (SSSR count). The number of alkyl carbamates (subject to hydrolysis) is 1. The van der Waals surface area contributed by atoms with Crippen LogP contribution in [0.15, 0.2) is 18.2 Å². The predicted octanol–water partition coefficient (Wildman–Crippen LogP) is 3.53. The number of carbonyl (C=O) groups is 2. The molecule has 0 fully saturated rings. The Labute approximate surface area is 137 Å².